The quantitative estimate of drug-likeness (QED) is 0.674. The lowest BCUT2D eigenvalue weighted by atomic mass is 10.3. The second-order valence-electron chi connectivity index (χ2n) is 2.68. The molecule has 2 N–H and O–H groups in total. The second-order valence-corrected chi connectivity index (χ2v) is 2.68. The molecule has 0 saturated heterocycles. The van der Waals surface area contributed by atoms with E-state index < -0.39 is 17.7 Å². The minimum Gasteiger partial charge on any atom is -0.478 e. The third kappa shape index (κ3) is 4.39. The summed E-state index contributed by atoms with van der Waals surface area (Å²) >= 11 is 0. The molecule has 3 nitrogen and oxygen atoms in total. The molecule has 0 spiro atoms. The predicted molar refractivity (Wildman–Crippen MR) is 40.0 cm³/mol. The van der Waals surface area contributed by atoms with Crippen LogP contribution in [0.5, 0.6) is 0 Å². The van der Waals surface area contributed by atoms with Crippen molar-refractivity contribution in [2.75, 3.05) is 0 Å². The molecule has 0 saturated carbocycles. The number of nitrogens with one attached hydrogen (secondary N) is 1. The number of rotatable bonds is 3. The minimum atomic E-state index is -4.83. The molecule has 13 heavy (non-hydrogen) atoms. The van der Waals surface area contributed by atoms with Crippen LogP contribution in [0, 0.1) is 0 Å². The summed E-state index contributed by atoms with van der Waals surface area (Å²) in [5, 5.41) is 10.5. The molecule has 0 heterocycles. The van der Waals surface area contributed by atoms with Crippen molar-refractivity contribution in [2.24, 2.45) is 0 Å². The third-order valence-electron chi connectivity index (χ3n) is 1.10. The van der Waals surface area contributed by atoms with Crippen molar-refractivity contribution in [3.8, 4) is 0 Å². The van der Waals surface area contributed by atoms with E-state index in [-0.39, 0.29) is 6.04 Å². The summed E-state index contributed by atoms with van der Waals surface area (Å²) in [4.78, 5) is 10.1. The highest BCUT2D eigenvalue weighted by Gasteiger charge is 2.38. The van der Waals surface area contributed by atoms with E-state index in [1.54, 1.807) is 13.8 Å². The van der Waals surface area contributed by atoms with Crippen LogP contribution in [0.25, 0.3) is 0 Å². The number of carboxylic acid groups (broad SMARTS) is 1. The Kier molecular flexibility index (Phi) is 3.77. The van der Waals surface area contributed by atoms with Crippen molar-refractivity contribution >= 4 is 5.97 Å². The summed E-state index contributed by atoms with van der Waals surface area (Å²) in [7, 11) is 0. The molecular weight excluding hydrogens is 187 g/mol. The first-order valence-electron chi connectivity index (χ1n) is 3.52. The molecule has 0 aromatic heterocycles. The van der Waals surface area contributed by atoms with E-state index in [9.17, 15) is 18.0 Å². The smallest absolute Gasteiger partial charge is 0.424 e. The van der Waals surface area contributed by atoms with Crippen LogP contribution >= 0.6 is 0 Å². The maximum absolute atomic E-state index is 11.9. The van der Waals surface area contributed by atoms with Gasteiger partial charge in [0.25, 0.3) is 0 Å². The molecule has 0 unspecified atom stereocenters. The Hall–Kier alpha value is -1.20. The normalized spacial score (nSPS) is 13.2. The van der Waals surface area contributed by atoms with Crippen LogP contribution in [0.3, 0.4) is 0 Å². The van der Waals surface area contributed by atoms with Gasteiger partial charge in [0, 0.05) is 12.2 Å². The zero-order valence-corrected chi connectivity index (χ0v) is 7.14. The molecule has 6 heteroatoms. The summed E-state index contributed by atoms with van der Waals surface area (Å²) in [6, 6.07) is -0.239. The lowest BCUT2D eigenvalue weighted by Gasteiger charge is -2.09. The van der Waals surface area contributed by atoms with Crippen LogP contribution in [0.15, 0.2) is 11.8 Å². The van der Waals surface area contributed by atoms with Crippen molar-refractivity contribution < 1.29 is 23.1 Å². The molecule has 0 aliphatic heterocycles. The van der Waals surface area contributed by atoms with Gasteiger partial charge in [-0.25, -0.2) is 4.79 Å². The third-order valence-corrected chi connectivity index (χ3v) is 1.10. The molecule has 0 fully saturated rings. The Morgan fingerprint density at radius 1 is 1.46 bits per heavy atom. The molecule has 0 bridgehead atoms. The Bertz CT molecular complexity index is 220. The number of hydrogen-bond donors (Lipinski definition) is 2. The van der Waals surface area contributed by atoms with Crippen LogP contribution in [0.1, 0.15) is 13.8 Å². The topological polar surface area (TPSA) is 49.3 Å². The highest BCUT2D eigenvalue weighted by molar-refractivity contribution is 5.87. The Labute approximate surface area is 73.2 Å². The van der Waals surface area contributed by atoms with Crippen LogP contribution in [-0.2, 0) is 4.79 Å². The van der Waals surface area contributed by atoms with Gasteiger partial charge in [-0.15, -0.1) is 0 Å². The number of carbonyl (C=O) groups is 1. The zero-order chi connectivity index (χ0) is 10.6. The number of halogens is 3. The van der Waals surface area contributed by atoms with Crippen molar-refractivity contribution in [3.63, 3.8) is 0 Å². The summed E-state index contributed by atoms with van der Waals surface area (Å²) < 4.78 is 35.8. The van der Waals surface area contributed by atoms with Gasteiger partial charge in [0.1, 0.15) is 0 Å². The molecule has 0 atom stereocenters. The fourth-order valence-electron chi connectivity index (χ4n) is 0.515. The Morgan fingerprint density at radius 2 is 1.92 bits per heavy atom. The number of aliphatic carboxylic acids is 1. The van der Waals surface area contributed by atoms with Gasteiger partial charge in [-0.3, -0.25) is 0 Å². The number of alkyl halides is 3. The van der Waals surface area contributed by atoms with E-state index in [0.29, 0.717) is 6.20 Å². The van der Waals surface area contributed by atoms with Gasteiger partial charge < -0.3 is 10.4 Å². The van der Waals surface area contributed by atoms with Crippen molar-refractivity contribution in [2.45, 2.75) is 26.1 Å². The molecule has 0 amide bonds. The van der Waals surface area contributed by atoms with Gasteiger partial charge in [0.2, 0.25) is 0 Å². The Morgan fingerprint density at radius 3 is 2.15 bits per heavy atom. The first-order chi connectivity index (χ1) is 5.75. The Balaban J connectivity index is 4.62. The predicted octanol–water partition coefficient (Wildman–Crippen LogP) is 1.52. The van der Waals surface area contributed by atoms with E-state index in [4.69, 9.17) is 5.11 Å². The van der Waals surface area contributed by atoms with Gasteiger partial charge in [0.05, 0.1) is 0 Å². The van der Waals surface area contributed by atoms with Crippen molar-refractivity contribution in [3.05, 3.63) is 11.8 Å². The van der Waals surface area contributed by atoms with E-state index in [0.717, 1.165) is 0 Å². The van der Waals surface area contributed by atoms with E-state index in [1.165, 1.54) is 0 Å². The average molecular weight is 197 g/mol. The average Bonchev–Trinajstić information content (AvgIpc) is 1.81. The van der Waals surface area contributed by atoms with Gasteiger partial charge in [0.15, 0.2) is 5.57 Å². The van der Waals surface area contributed by atoms with E-state index >= 15 is 0 Å². The fraction of sp³-hybridized carbons (Fsp3) is 0.571. The van der Waals surface area contributed by atoms with Gasteiger partial charge >= 0.3 is 12.1 Å². The standard InChI is InChI=1S/C7H10F3NO2/c1-4(2)11-3-5(6(12)13)7(8,9)10/h3-4,11H,1-2H3,(H,12,13)/b5-3+. The zero-order valence-electron chi connectivity index (χ0n) is 7.14. The first-order valence-corrected chi connectivity index (χ1v) is 3.52. The molecular formula is C7H10F3NO2. The van der Waals surface area contributed by atoms with Crippen LogP contribution in [0.4, 0.5) is 13.2 Å². The fourth-order valence-corrected chi connectivity index (χ4v) is 0.515. The van der Waals surface area contributed by atoms with Crippen LogP contribution < -0.4 is 5.32 Å². The van der Waals surface area contributed by atoms with E-state index in [1.807, 2.05) is 0 Å². The monoisotopic (exact) mass is 197 g/mol. The number of hydrogen-bond acceptors (Lipinski definition) is 2. The van der Waals surface area contributed by atoms with Crippen LogP contribution in [-0.4, -0.2) is 23.3 Å². The lowest BCUT2D eigenvalue weighted by molar-refractivity contribution is -0.144. The SMILES string of the molecule is CC(C)N/C=C(\C(=O)O)C(F)(F)F. The van der Waals surface area contributed by atoms with Gasteiger partial charge in [-0.1, -0.05) is 0 Å². The highest BCUT2D eigenvalue weighted by Crippen LogP contribution is 2.24. The molecule has 0 aromatic carbocycles. The largest absolute Gasteiger partial charge is 0.478 e. The summed E-state index contributed by atoms with van der Waals surface area (Å²) in [5.74, 6) is -1.99. The molecule has 0 radical (unpaired) electrons. The summed E-state index contributed by atoms with van der Waals surface area (Å²) in [5.41, 5.74) is -1.60. The molecule has 0 aliphatic carbocycles. The maximum atomic E-state index is 11.9. The summed E-state index contributed by atoms with van der Waals surface area (Å²) in [6.07, 6.45) is -4.36. The van der Waals surface area contributed by atoms with Crippen molar-refractivity contribution in [1.82, 2.24) is 5.32 Å². The molecule has 0 aromatic rings. The lowest BCUT2D eigenvalue weighted by Crippen LogP contribution is -2.25. The molecule has 0 rings (SSSR count). The van der Waals surface area contributed by atoms with Gasteiger partial charge in [-0.2, -0.15) is 13.2 Å². The van der Waals surface area contributed by atoms with Crippen LogP contribution in [0.2, 0.25) is 0 Å². The van der Waals surface area contributed by atoms with Gasteiger partial charge in [-0.05, 0) is 13.8 Å². The first kappa shape index (κ1) is 11.8. The number of carboxylic acids is 1. The van der Waals surface area contributed by atoms with E-state index in [2.05, 4.69) is 5.32 Å². The second kappa shape index (κ2) is 4.15. The minimum absolute atomic E-state index is 0.239. The summed E-state index contributed by atoms with van der Waals surface area (Å²) in [6.45, 7) is 3.21. The maximum Gasteiger partial charge on any atom is 0.424 e. The molecule has 76 valence electrons. The highest BCUT2D eigenvalue weighted by atomic mass is 19.4. The van der Waals surface area contributed by atoms with Crippen molar-refractivity contribution in [1.29, 1.82) is 0 Å². The molecule has 0 aliphatic rings.